The number of amides is 1. The molecule has 0 aliphatic rings. The van der Waals surface area contributed by atoms with Gasteiger partial charge < -0.3 is 16.0 Å². The minimum Gasteiger partial charge on any atom is -0.399 e. The van der Waals surface area contributed by atoms with Crippen LogP contribution in [0.1, 0.15) is 21.7 Å². The first-order valence-electron chi connectivity index (χ1n) is 6.76. The molecule has 1 aromatic carbocycles. The van der Waals surface area contributed by atoms with E-state index in [-0.39, 0.29) is 5.91 Å². The first-order valence-corrected chi connectivity index (χ1v) is 6.76. The molecule has 0 radical (unpaired) electrons. The van der Waals surface area contributed by atoms with E-state index in [1.54, 1.807) is 25.2 Å². The summed E-state index contributed by atoms with van der Waals surface area (Å²) in [5, 5.41) is 2.65. The van der Waals surface area contributed by atoms with Crippen LogP contribution in [0.2, 0.25) is 0 Å². The second-order valence-corrected chi connectivity index (χ2v) is 4.98. The molecule has 21 heavy (non-hydrogen) atoms. The molecular formula is C16H20N4O. The van der Waals surface area contributed by atoms with Crippen LogP contribution in [0.3, 0.4) is 0 Å². The third kappa shape index (κ3) is 3.51. The number of benzene rings is 1. The highest BCUT2D eigenvalue weighted by Crippen LogP contribution is 2.24. The normalized spacial score (nSPS) is 10.2. The van der Waals surface area contributed by atoms with Crippen molar-refractivity contribution >= 4 is 17.3 Å². The van der Waals surface area contributed by atoms with Crippen molar-refractivity contribution in [2.24, 2.45) is 0 Å². The number of pyridine rings is 1. The van der Waals surface area contributed by atoms with Crippen molar-refractivity contribution in [2.75, 3.05) is 24.7 Å². The number of nitrogen functional groups attached to an aromatic ring is 1. The SMILES string of the molecule is CNC(=O)c1ccc(N)cc1N(C)Cc1cccc(C)n1. The van der Waals surface area contributed by atoms with Crippen LogP contribution in [0.5, 0.6) is 0 Å². The molecule has 0 spiro atoms. The van der Waals surface area contributed by atoms with Crippen LogP contribution in [0.15, 0.2) is 36.4 Å². The minimum absolute atomic E-state index is 0.131. The summed E-state index contributed by atoms with van der Waals surface area (Å²) in [6, 6.07) is 11.2. The third-order valence-corrected chi connectivity index (χ3v) is 3.25. The molecule has 0 atom stereocenters. The van der Waals surface area contributed by atoms with Gasteiger partial charge in [-0.25, -0.2) is 0 Å². The Morgan fingerprint density at radius 1 is 1.33 bits per heavy atom. The van der Waals surface area contributed by atoms with Gasteiger partial charge >= 0.3 is 0 Å². The van der Waals surface area contributed by atoms with Gasteiger partial charge in [-0.3, -0.25) is 9.78 Å². The lowest BCUT2D eigenvalue weighted by molar-refractivity contribution is 0.0963. The molecule has 5 nitrogen and oxygen atoms in total. The Bertz CT molecular complexity index is 654. The molecule has 1 aromatic heterocycles. The fourth-order valence-electron chi connectivity index (χ4n) is 2.21. The summed E-state index contributed by atoms with van der Waals surface area (Å²) in [5.74, 6) is -0.131. The Hall–Kier alpha value is -2.56. The summed E-state index contributed by atoms with van der Waals surface area (Å²) in [4.78, 5) is 18.4. The number of aromatic nitrogens is 1. The summed E-state index contributed by atoms with van der Waals surface area (Å²) < 4.78 is 0. The highest BCUT2D eigenvalue weighted by molar-refractivity contribution is 6.00. The molecule has 0 fully saturated rings. The number of anilines is 2. The Labute approximate surface area is 124 Å². The third-order valence-electron chi connectivity index (χ3n) is 3.25. The van der Waals surface area contributed by atoms with Gasteiger partial charge in [0.25, 0.3) is 5.91 Å². The number of rotatable bonds is 4. The standard InChI is InChI=1S/C16H20N4O/c1-11-5-4-6-13(19-11)10-20(3)15-9-12(17)7-8-14(15)16(21)18-2/h4-9H,10,17H2,1-3H3,(H,18,21). The van der Waals surface area contributed by atoms with Crippen LogP contribution < -0.4 is 16.0 Å². The molecule has 2 rings (SSSR count). The molecule has 2 aromatic rings. The Morgan fingerprint density at radius 2 is 2.10 bits per heavy atom. The lowest BCUT2D eigenvalue weighted by atomic mass is 10.1. The quantitative estimate of drug-likeness (QED) is 0.842. The maximum absolute atomic E-state index is 12.0. The van der Waals surface area contributed by atoms with E-state index in [0.717, 1.165) is 17.1 Å². The minimum atomic E-state index is -0.131. The van der Waals surface area contributed by atoms with E-state index in [1.165, 1.54) is 0 Å². The Kier molecular flexibility index (Phi) is 4.42. The molecule has 0 aliphatic carbocycles. The lowest BCUT2D eigenvalue weighted by Gasteiger charge is -2.22. The number of hydrogen-bond donors (Lipinski definition) is 2. The highest BCUT2D eigenvalue weighted by Gasteiger charge is 2.14. The van der Waals surface area contributed by atoms with Gasteiger partial charge in [0, 0.05) is 25.5 Å². The van der Waals surface area contributed by atoms with Gasteiger partial charge in [0.2, 0.25) is 0 Å². The monoisotopic (exact) mass is 284 g/mol. The van der Waals surface area contributed by atoms with Crippen LogP contribution in [0.25, 0.3) is 0 Å². The summed E-state index contributed by atoms with van der Waals surface area (Å²) >= 11 is 0. The smallest absolute Gasteiger partial charge is 0.253 e. The lowest BCUT2D eigenvalue weighted by Crippen LogP contribution is -2.24. The highest BCUT2D eigenvalue weighted by atomic mass is 16.1. The zero-order valence-electron chi connectivity index (χ0n) is 12.6. The molecule has 1 heterocycles. The fourth-order valence-corrected chi connectivity index (χ4v) is 2.21. The molecular weight excluding hydrogens is 264 g/mol. The van der Waals surface area contributed by atoms with E-state index >= 15 is 0 Å². The maximum atomic E-state index is 12.0. The van der Waals surface area contributed by atoms with Crippen molar-refractivity contribution in [1.82, 2.24) is 10.3 Å². The second-order valence-electron chi connectivity index (χ2n) is 4.98. The number of nitrogens with zero attached hydrogens (tertiary/aromatic N) is 2. The van der Waals surface area contributed by atoms with Crippen molar-refractivity contribution < 1.29 is 4.79 Å². The van der Waals surface area contributed by atoms with E-state index in [1.807, 2.05) is 37.1 Å². The second kappa shape index (κ2) is 6.26. The van der Waals surface area contributed by atoms with E-state index in [0.29, 0.717) is 17.8 Å². The van der Waals surface area contributed by atoms with Gasteiger partial charge in [-0.1, -0.05) is 6.07 Å². The fraction of sp³-hybridized carbons (Fsp3) is 0.250. The average molecular weight is 284 g/mol. The summed E-state index contributed by atoms with van der Waals surface area (Å²) in [7, 11) is 3.54. The van der Waals surface area contributed by atoms with Crippen molar-refractivity contribution in [3.05, 3.63) is 53.3 Å². The van der Waals surface area contributed by atoms with E-state index in [9.17, 15) is 4.79 Å². The van der Waals surface area contributed by atoms with Crippen molar-refractivity contribution in [1.29, 1.82) is 0 Å². The largest absolute Gasteiger partial charge is 0.399 e. The van der Waals surface area contributed by atoms with Crippen LogP contribution >= 0.6 is 0 Å². The van der Waals surface area contributed by atoms with Gasteiger partial charge in [0.05, 0.1) is 23.5 Å². The molecule has 1 amide bonds. The van der Waals surface area contributed by atoms with Crippen LogP contribution in [0, 0.1) is 6.92 Å². The number of carbonyl (C=O) groups excluding carboxylic acids is 1. The van der Waals surface area contributed by atoms with Gasteiger partial charge in [0.1, 0.15) is 0 Å². The number of hydrogen-bond acceptors (Lipinski definition) is 4. The summed E-state index contributed by atoms with van der Waals surface area (Å²) in [6.45, 7) is 2.56. The number of nitrogens with one attached hydrogen (secondary N) is 1. The molecule has 0 saturated carbocycles. The predicted octanol–water partition coefficient (Wildman–Crippen LogP) is 1.97. The zero-order chi connectivity index (χ0) is 15.4. The molecule has 0 bridgehead atoms. The number of aryl methyl sites for hydroxylation is 1. The predicted molar refractivity (Wildman–Crippen MR) is 85.3 cm³/mol. The molecule has 3 N–H and O–H groups in total. The van der Waals surface area contributed by atoms with Crippen LogP contribution in [-0.2, 0) is 6.54 Å². The average Bonchev–Trinajstić information content (AvgIpc) is 2.46. The Balaban J connectivity index is 2.31. The molecule has 0 unspecified atom stereocenters. The molecule has 5 heteroatoms. The first-order chi connectivity index (χ1) is 10.0. The van der Waals surface area contributed by atoms with Gasteiger partial charge in [-0.2, -0.15) is 0 Å². The van der Waals surface area contributed by atoms with Gasteiger partial charge in [-0.15, -0.1) is 0 Å². The number of carbonyl (C=O) groups is 1. The zero-order valence-corrected chi connectivity index (χ0v) is 12.6. The topological polar surface area (TPSA) is 71.2 Å². The first kappa shape index (κ1) is 14.8. The van der Waals surface area contributed by atoms with E-state index in [2.05, 4.69) is 10.3 Å². The van der Waals surface area contributed by atoms with E-state index < -0.39 is 0 Å². The number of nitrogens with two attached hydrogens (primary N) is 1. The van der Waals surface area contributed by atoms with Crippen molar-refractivity contribution in [3.8, 4) is 0 Å². The summed E-state index contributed by atoms with van der Waals surface area (Å²) in [5.41, 5.74) is 9.78. The molecule has 0 aliphatic heterocycles. The van der Waals surface area contributed by atoms with Crippen LogP contribution in [0.4, 0.5) is 11.4 Å². The Morgan fingerprint density at radius 3 is 2.76 bits per heavy atom. The van der Waals surface area contributed by atoms with E-state index in [4.69, 9.17) is 5.73 Å². The van der Waals surface area contributed by atoms with Crippen LogP contribution in [-0.4, -0.2) is 25.0 Å². The maximum Gasteiger partial charge on any atom is 0.253 e. The van der Waals surface area contributed by atoms with Gasteiger partial charge in [0.15, 0.2) is 0 Å². The van der Waals surface area contributed by atoms with Gasteiger partial charge in [-0.05, 0) is 37.3 Å². The van der Waals surface area contributed by atoms with Crippen molar-refractivity contribution in [3.63, 3.8) is 0 Å². The van der Waals surface area contributed by atoms with Crippen molar-refractivity contribution in [2.45, 2.75) is 13.5 Å². The molecule has 110 valence electrons. The summed E-state index contributed by atoms with van der Waals surface area (Å²) in [6.07, 6.45) is 0. The molecule has 0 saturated heterocycles.